The molecule has 0 saturated carbocycles. The summed E-state index contributed by atoms with van der Waals surface area (Å²) in [5, 5.41) is 0. The summed E-state index contributed by atoms with van der Waals surface area (Å²) in [6, 6.07) is 10.5. The highest BCUT2D eigenvalue weighted by Crippen LogP contribution is 2.14. The number of ether oxygens (including phenoxy) is 1. The van der Waals surface area contributed by atoms with E-state index >= 15 is 0 Å². The quantitative estimate of drug-likeness (QED) is 0.721. The van der Waals surface area contributed by atoms with Crippen molar-refractivity contribution in [3.05, 3.63) is 48.6 Å². The van der Waals surface area contributed by atoms with Gasteiger partial charge in [0.05, 0.1) is 12.7 Å². The Balaban J connectivity index is 1.71. The number of aryl methyl sites for hydroxylation is 1. The molecule has 1 amide bonds. The zero-order valence-electron chi connectivity index (χ0n) is 12.7. The molecule has 0 aliphatic carbocycles. The van der Waals surface area contributed by atoms with E-state index in [9.17, 15) is 4.79 Å². The van der Waals surface area contributed by atoms with E-state index in [-0.39, 0.29) is 12.0 Å². The van der Waals surface area contributed by atoms with Crippen molar-refractivity contribution in [2.45, 2.75) is 38.2 Å². The van der Waals surface area contributed by atoms with Crippen molar-refractivity contribution in [1.82, 2.24) is 4.90 Å². The molecule has 3 nitrogen and oxygen atoms in total. The Hall–Kier alpha value is -1.61. The van der Waals surface area contributed by atoms with Gasteiger partial charge in [-0.25, -0.2) is 0 Å². The Kier molecular flexibility index (Phi) is 6.48. The third kappa shape index (κ3) is 5.35. The zero-order chi connectivity index (χ0) is 14.9. The van der Waals surface area contributed by atoms with Gasteiger partial charge in [-0.1, -0.05) is 36.4 Å². The molecule has 0 unspecified atom stereocenters. The molecule has 1 aliphatic rings. The Labute approximate surface area is 127 Å². The summed E-state index contributed by atoms with van der Waals surface area (Å²) in [5.74, 6) is 0.228. The van der Waals surface area contributed by atoms with Gasteiger partial charge in [0.1, 0.15) is 0 Å². The molecule has 1 heterocycles. The maximum absolute atomic E-state index is 12.0. The van der Waals surface area contributed by atoms with E-state index in [4.69, 9.17) is 4.74 Å². The maximum atomic E-state index is 12.0. The van der Waals surface area contributed by atoms with Crippen molar-refractivity contribution in [2.75, 3.05) is 19.7 Å². The molecular weight excluding hydrogens is 262 g/mol. The van der Waals surface area contributed by atoms with Crippen LogP contribution < -0.4 is 0 Å². The van der Waals surface area contributed by atoms with Crippen molar-refractivity contribution in [2.24, 2.45) is 0 Å². The van der Waals surface area contributed by atoms with Gasteiger partial charge in [-0.2, -0.15) is 0 Å². The number of benzene rings is 1. The average molecular weight is 287 g/mol. The molecule has 3 heteroatoms. The lowest BCUT2D eigenvalue weighted by molar-refractivity contribution is -0.138. The topological polar surface area (TPSA) is 29.5 Å². The number of rotatable bonds is 7. The van der Waals surface area contributed by atoms with Crippen LogP contribution in [0.1, 0.15) is 31.2 Å². The van der Waals surface area contributed by atoms with E-state index in [1.165, 1.54) is 5.56 Å². The molecule has 1 aliphatic heterocycles. The summed E-state index contributed by atoms with van der Waals surface area (Å²) in [5.41, 5.74) is 1.37. The summed E-state index contributed by atoms with van der Waals surface area (Å²) in [6.07, 6.45) is 6.51. The van der Waals surface area contributed by atoms with Crippen LogP contribution in [-0.4, -0.2) is 36.6 Å². The van der Waals surface area contributed by atoms with Gasteiger partial charge in [0, 0.05) is 19.5 Å². The van der Waals surface area contributed by atoms with E-state index in [0.717, 1.165) is 38.8 Å². The first-order valence-electron chi connectivity index (χ1n) is 7.84. The third-order valence-electron chi connectivity index (χ3n) is 3.89. The van der Waals surface area contributed by atoms with Gasteiger partial charge in [-0.05, 0) is 31.2 Å². The first-order chi connectivity index (χ1) is 10.3. The van der Waals surface area contributed by atoms with Gasteiger partial charge in [0.2, 0.25) is 5.91 Å². The molecule has 0 N–H and O–H groups in total. The van der Waals surface area contributed by atoms with Gasteiger partial charge in [-0.3, -0.25) is 4.79 Å². The van der Waals surface area contributed by atoms with Crippen LogP contribution in [0.25, 0.3) is 0 Å². The Morgan fingerprint density at radius 2 is 2.19 bits per heavy atom. The van der Waals surface area contributed by atoms with Crippen LogP contribution >= 0.6 is 0 Å². The zero-order valence-corrected chi connectivity index (χ0v) is 12.7. The molecule has 0 aromatic heterocycles. The Morgan fingerprint density at radius 3 is 2.95 bits per heavy atom. The van der Waals surface area contributed by atoms with Crippen molar-refractivity contribution in [3.8, 4) is 0 Å². The monoisotopic (exact) mass is 287 g/mol. The van der Waals surface area contributed by atoms with Crippen molar-refractivity contribution in [1.29, 1.82) is 0 Å². The highest BCUT2D eigenvalue weighted by molar-refractivity contribution is 5.76. The number of carbonyl (C=O) groups excluding carboxylic acids is 1. The lowest BCUT2D eigenvalue weighted by atomic mass is 10.0. The molecule has 1 fully saturated rings. The maximum Gasteiger partial charge on any atom is 0.223 e. The minimum absolute atomic E-state index is 0.190. The van der Waals surface area contributed by atoms with Crippen LogP contribution in [0.3, 0.4) is 0 Å². The predicted molar refractivity (Wildman–Crippen MR) is 85.1 cm³/mol. The normalized spacial score (nSPS) is 18.5. The minimum atomic E-state index is 0.190. The molecule has 2 rings (SSSR count). The van der Waals surface area contributed by atoms with Gasteiger partial charge in [0.25, 0.3) is 0 Å². The van der Waals surface area contributed by atoms with Crippen LogP contribution in [0.5, 0.6) is 0 Å². The van der Waals surface area contributed by atoms with E-state index in [1.54, 1.807) is 6.08 Å². The van der Waals surface area contributed by atoms with E-state index in [1.807, 2.05) is 11.0 Å². The molecule has 1 saturated heterocycles. The van der Waals surface area contributed by atoms with E-state index in [2.05, 4.69) is 30.8 Å². The second kappa shape index (κ2) is 8.63. The summed E-state index contributed by atoms with van der Waals surface area (Å²) in [6.45, 7) is 5.80. The van der Waals surface area contributed by atoms with E-state index in [0.29, 0.717) is 13.0 Å². The largest absolute Gasteiger partial charge is 0.375 e. The molecule has 1 atom stereocenters. The van der Waals surface area contributed by atoms with Crippen LogP contribution in [0, 0.1) is 0 Å². The lowest BCUT2D eigenvalue weighted by Crippen LogP contribution is -2.45. The van der Waals surface area contributed by atoms with Crippen LogP contribution in [0.4, 0.5) is 0 Å². The summed E-state index contributed by atoms with van der Waals surface area (Å²) >= 11 is 0. The first-order valence-corrected chi connectivity index (χ1v) is 7.84. The van der Waals surface area contributed by atoms with Crippen LogP contribution in [0.2, 0.25) is 0 Å². The minimum Gasteiger partial charge on any atom is -0.375 e. The van der Waals surface area contributed by atoms with Crippen LogP contribution in [-0.2, 0) is 16.0 Å². The third-order valence-corrected chi connectivity index (χ3v) is 3.89. The number of allylic oxidation sites excluding steroid dienone is 1. The fourth-order valence-corrected chi connectivity index (χ4v) is 2.68. The summed E-state index contributed by atoms with van der Waals surface area (Å²) < 4.78 is 5.79. The molecule has 0 spiro atoms. The first kappa shape index (κ1) is 15.8. The number of amides is 1. The molecular formula is C18H25NO2. The van der Waals surface area contributed by atoms with Gasteiger partial charge >= 0.3 is 0 Å². The number of nitrogens with zero attached hydrogens (tertiary/aromatic N) is 1. The van der Waals surface area contributed by atoms with Crippen molar-refractivity contribution < 1.29 is 9.53 Å². The molecule has 0 bridgehead atoms. The predicted octanol–water partition coefficient (Wildman–Crippen LogP) is 3.20. The standard InChI is InChI=1S/C18H25NO2/c1-2-3-12-18(20)19-13-14-21-17(15-19)11-7-10-16-8-5-4-6-9-16/h2,4-6,8-9,17H,1,3,7,10-15H2/t17-/m1/s1. The highest BCUT2D eigenvalue weighted by atomic mass is 16.5. The number of hydrogen-bond acceptors (Lipinski definition) is 2. The fraction of sp³-hybridized carbons (Fsp3) is 0.500. The van der Waals surface area contributed by atoms with Gasteiger partial charge in [-0.15, -0.1) is 6.58 Å². The Bertz CT molecular complexity index is 444. The van der Waals surface area contributed by atoms with Crippen LogP contribution in [0.15, 0.2) is 43.0 Å². The van der Waals surface area contributed by atoms with Gasteiger partial charge in [0.15, 0.2) is 0 Å². The lowest BCUT2D eigenvalue weighted by Gasteiger charge is -2.33. The van der Waals surface area contributed by atoms with E-state index < -0.39 is 0 Å². The fourth-order valence-electron chi connectivity index (χ4n) is 2.68. The highest BCUT2D eigenvalue weighted by Gasteiger charge is 2.23. The summed E-state index contributed by atoms with van der Waals surface area (Å²) in [7, 11) is 0. The van der Waals surface area contributed by atoms with Crippen molar-refractivity contribution >= 4 is 5.91 Å². The molecule has 1 aromatic carbocycles. The molecule has 1 aromatic rings. The van der Waals surface area contributed by atoms with Gasteiger partial charge < -0.3 is 9.64 Å². The number of carbonyl (C=O) groups is 1. The number of hydrogen-bond donors (Lipinski definition) is 0. The SMILES string of the molecule is C=CCCC(=O)N1CCO[C@H](CCCc2ccccc2)C1. The molecule has 21 heavy (non-hydrogen) atoms. The number of morpholine rings is 1. The smallest absolute Gasteiger partial charge is 0.223 e. The second-order valence-electron chi connectivity index (χ2n) is 5.54. The average Bonchev–Trinajstić information content (AvgIpc) is 2.54. The molecule has 0 radical (unpaired) electrons. The summed E-state index contributed by atoms with van der Waals surface area (Å²) in [4.78, 5) is 14.0. The second-order valence-corrected chi connectivity index (χ2v) is 5.54. The van der Waals surface area contributed by atoms with Crippen molar-refractivity contribution in [3.63, 3.8) is 0 Å². The Morgan fingerprint density at radius 1 is 1.38 bits per heavy atom. The molecule has 114 valence electrons.